The van der Waals surface area contributed by atoms with Gasteiger partial charge in [-0.2, -0.15) is 13.2 Å². The summed E-state index contributed by atoms with van der Waals surface area (Å²) in [4.78, 5) is 4.04. The van der Waals surface area contributed by atoms with E-state index >= 15 is 0 Å². The zero-order valence-electron chi connectivity index (χ0n) is 14.3. The highest BCUT2D eigenvalue weighted by Crippen LogP contribution is 2.35. The third kappa shape index (κ3) is 3.61. The van der Waals surface area contributed by atoms with Crippen molar-refractivity contribution in [2.75, 3.05) is 13.2 Å². The second-order valence-electron chi connectivity index (χ2n) is 6.34. The van der Waals surface area contributed by atoms with E-state index in [1.54, 1.807) is 12.5 Å². The number of imidazole rings is 1. The molecule has 1 fully saturated rings. The molecule has 27 heavy (non-hydrogen) atoms. The first kappa shape index (κ1) is 17.8. The highest BCUT2D eigenvalue weighted by molar-refractivity contribution is 5.64. The lowest BCUT2D eigenvalue weighted by molar-refractivity contribution is -0.176. The van der Waals surface area contributed by atoms with Gasteiger partial charge < -0.3 is 14.0 Å². The molecule has 0 aliphatic carbocycles. The molecule has 0 saturated carbocycles. The first-order chi connectivity index (χ1) is 13.0. The Morgan fingerprint density at radius 3 is 2.04 bits per heavy atom. The van der Waals surface area contributed by atoms with Gasteiger partial charge in [0.1, 0.15) is 0 Å². The molecule has 0 unspecified atom stereocenters. The zero-order valence-corrected chi connectivity index (χ0v) is 14.3. The van der Waals surface area contributed by atoms with Crippen molar-refractivity contribution < 1.29 is 22.6 Å². The summed E-state index contributed by atoms with van der Waals surface area (Å²) < 4.78 is 51.8. The molecule has 4 rings (SSSR count). The van der Waals surface area contributed by atoms with E-state index in [0.29, 0.717) is 25.3 Å². The van der Waals surface area contributed by atoms with Gasteiger partial charge in [-0.3, -0.25) is 0 Å². The Labute approximate surface area is 154 Å². The third-order valence-corrected chi connectivity index (χ3v) is 4.57. The highest BCUT2D eigenvalue weighted by Gasteiger charge is 2.39. The number of ether oxygens (including phenoxy) is 2. The van der Waals surface area contributed by atoms with Crippen LogP contribution in [0.3, 0.4) is 0 Å². The topological polar surface area (TPSA) is 36.3 Å². The Hall–Kier alpha value is -2.64. The van der Waals surface area contributed by atoms with Gasteiger partial charge in [-0.05, 0) is 23.3 Å². The highest BCUT2D eigenvalue weighted by atomic mass is 19.4. The fraction of sp³-hybridized carbons (Fsp3) is 0.250. The molecule has 1 aromatic heterocycles. The van der Waals surface area contributed by atoms with Gasteiger partial charge in [0.15, 0.2) is 0 Å². The number of hydrogen-bond donors (Lipinski definition) is 0. The Balaban J connectivity index is 1.59. The van der Waals surface area contributed by atoms with Crippen molar-refractivity contribution in [1.82, 2.24) is 9.55 Å². The number of halogens is 3. The molecule has 2 aromatic carbocycles. The van der Waals surface area contributed by atoms with E-state index < -0.39 is 17.5 Å². The number of hydrogen-bond acceptors (Lipinski definition) is 3. The maximum atomic E-state index is 12.7. The first-order valence-corrected chi connectivity index (χ1v) is 8.48. The molecular formula is C20H17F3N2O2. The Bertz CT molecular complexity index is 882. The van der Waals surface area contributed by atoms with Crippen molar-refractivity contribution in [3.05, 3.63) is 78.4 Å². The zero-order chi connectivity index (χ0) is 18.9. The number of alkyl halides is 3. The molecule has 0 N–H and O–H groups in total. The van der Waals surface area contributed by atoms with Crippen LogP contribution in [0.5, 0.6) is 0 Å². The summed E-state index contributed by atoms with van der Waals surface area (Å²) in [6, 6.07) is 12.6. The second kappa shape index (κ2) is 6.83. The quantitative estimate of drug-likeness (QED) is 0.676. The largest absolute Gasteiger partial charge is 0.416 e. The van der Waals surface area contributed by atoms with E-state index in [-0.39, 0.29) is 0 Å². The Kier molecular flexibility index (Phi) is 4.49. The minimum atomic E-state index is -4.33. The van der Waals surface area contributed by atoms with Crippen LogP contribution >= 0.6 is 0 Å². The normalized spacial score (nSPS) is 16.6. The average molecular weight is 374 g/mol. The van der Waals surface area contributed by atoms with Crippen molar-refractivity contribution in [1.29, 1.82) is 0 Å². The number of aromatic nitrogens is 2. The van der Waals surface area contributed by atoms with Gasteiger partial charge in [-0.25, -0.2) is 4.98 Å². The van der Waals surface area contributed by atoms with E-state index in [2.05, 4.69) is 4.98 Å². The summed E-state index contributed by atoms with van der Waals surface area (Å²) >= 11 is 0. The lowest BCUT2D eigenvalue weighted by atomic mass is 9.99. The van der Waals surface area contributed by atoms with E-state index in [4.69, 9.17) is 9.47 Å². The predicted molar refractivity (Wildman–Crippen MR) is 92.7 cm³/mol. The van der Waals surface area contributed by atoms with Crippen molar-refractivity contribution in [3.63, 3.8) is 0 Å². The van der Waals surface area contributed by atoms with E-state index in [1.807, 2.05) is 35.0 Å². The van der Waals surface area contributed by atoms with Gasteiger partial charge in [0.25, 0.3) is 0 Å². The first-order valence-electron chi connectivity index (χ1n) is 8.48. The minimum Gasteiger partial charge on any atom is -0.342 e. The van der Waals surface area contributed by atoms with Crippen molar-refractivity contribution in [2.24, 2.45) is 0 Å². The molecule has 0 atom stereocenters. The van der Waals surface area contributed by atoms with Crippen LogP contribution in [0.4, 0.5) is 13.2 Å². The van der Waals surface area contributed by atoms with Crippen molar-refractivity contribution in [3.8, 4) is 11.1 Å². The van der Waals surface area contributed by atoms with Crippen LogP contribution in [0.25, 0.3) is 11.1 Å². The molecular weight excluding hydrogens is 357 g/mol. The number of rotatable bonds is 4. The molecule has 140 valence electrons. The minimum absolute atomic E-state index is 0.465. The maximum Gasteiger partial charge on any atom is 0.416 e. The number of nitrogens with zero attached hydrogens (tertiary/aromatic N) is 2. The Morgan fingerprint density at radius 2 is 1.52 bits per heavy atom. The van der Waals surface area contributed by atoms with Gasteiger partial charge in [-0.15, -0.1) is 0 Å². The molecule has 1 aliphatic heterocycles. The average Bonchev–Trinajstić information content (AvgIpc) is 3.34. The summed E-state index contributed by atoms with van der Waals surface area (Å²) in [5, 5.41) is 0. The van der Waals surface area contributed by atoms with Crippen LogP contribution in [-0.4, -0.2) is 22.8 Å². The fourth-order valence-corrected chi connectivity index (χ4v) is 3.19. The van der Waals surface area contributed by atoms with Crippen molar-refractivity contribution >= 4 is 0 Å². The monoisotopic (exact) mass is 374 g/mol. The standard InChI is InChI=1S/C20H17F3N2O2/c21-20(22,23)18-7-3-16(4-8-18)15-1-5-17(6-2-15)19(26-11-12-27-19)13-25-10-9-24-14-25/h1-10,14H,11-13H2. The van der Waals surface area contributed by atoms with E-state index in [0.717, 1.165) is 23.3 Å². The fourth-order valence-electron chi connectivity index (χ4n) is 3.19. The van der Waals surface area contributed by atoms with Crippen LogP contribution in [-0.2, 0) is 28.0 Å². The Morgan fingerprint density at radius 1 is 0.926 bits per heavy atom. The van der Waals surface area contributed by atoms with Gasteiger partial charge in [0.2, 0.25) is 5.79 Å². The summed E-state index contributed by atoms with van der Waals surface area (Å²) in [5.74, 6) is -0.890. The predicted octanol–water partition coefficient (Wildman–Crippen LogP) is 4.47. The molecule has 0 amide bonds. The van der Waals surface area contributed by atoms with Gasteiger partial charge in [0, 0.05) is 18.0 Å². The lowest BCUT2D eigenvalue weighted by Gasteiger charge is -2.28. The summed E-state index contributed by atoms with van der Waals surface area (Å²) in [6.07, 6.45) is 0.891. The molecule has 0 bridgehead atoms. The molecule has 0 spiro atoms. The third-order valence-electron chi connectivity index (χ3n) is 4.57. The van der Waals surface area contributed by atoms with Crippen LogP contribution in [0.15, 0.2) is 67.3 Å². The maximum absolute atomic E-state index is 12.7. The van der Waals surface area contributed by atoms with Crippen molar-refractivity contribution in [2.45, 2.75) is 18.5 Å². The van der Waals surface area contributed by atoms with E-state index in [9.17, 15) is 13.2 Å². The molecule has 0 radical (unpaired) electrons. The molecule has 1 saturated heterocycles. The lowest BCUT2D eigenvalue weighted by Crippen LogP contribution is -2.32. The van der Waals surface area contributed by atoms with Crippen LogP contribution in [0, 0.1) is 0 Å². The molecule has 1 aliphatic rings. The summed E-state index contributed by atoms with van der Waals surface area (Å²) in [6.45, 7) is 1.46. The molecule has 7 heteroatoms. The van der Waals surface area contributed by atoms with E-state index in [1.165, 1.54) is 12.1 Å². The summed E-state index contributed by atoms with van der Waals surface area (Å²) in [5.41, 5.74) is 1.73. The SMILES string of the molecule is FC(F)(F)c1ccc(-c2ccc(C3(Cn4ccnc4)OCCO3)cc2)cc1. The van der Waals surface area contributed by atoms with Gasteiger partial charge >= 0.3 is 6.18 Å². The second-order valence-corrected chi connectivity index (χ2v) is 6.34. The van der Waals surface area contributed by atoms with Gasteiger partial charge in [-0.1, -0.05) is 36.4 Å². The van der Waals surface area contributed by atoms with Crippen LogP contribution in [0.1, 0.15) is 11.1 Å². The van der Waals surface area contributed by atoms with Crippen LogP contribution in [0.2, 0.25) is 0 Å². The summed E-state index contributed by atoms with van der Waals surface area (Å²) in [7, 11) is 0. The van der Waals surface area contributed by atoms with Crippen LogP contribution < -0.4 is 0 Å². The molecule has 4 nitrogen and oxygen atoms in total. The number of benzene rings is 2. The van der Waals surface area contributed by atoms with Gasteiger partial charge in [0.05, 0.1) is 31.6 Å². The smallest absolute Gasteiger partial charge is 0.342 e. The molecule has 3 aromatic rings. The molecule has 2 heterocycles.